The highest BCUT2D eigenvalue weighted by Gasteiger charge is 2.19. The molecule has 0 atom stereocenters. The van der Waals surface area contributed by atoms with Crippen LogP contribution in [0.3, 0.4) is 0 Å². The molecule has 0 aliphatic carbocycles. The van der Waals surface area contributed by atoms with Crippen LogP contribution in [0.5, 0.6) is 0 Å². The van der Waals surface area contributed by atoms with Crippen molar-refractivity contribution >= 4 is 34.1 Å². The van der Waals surface area contributed by atoms with E-state index < -0.39 is 5.82 Å². The zero-order valence-electron chi connectivity index (χ0n) is 20.1. The molecular formula is C27H24ClFN6O. The minimum absolute atomic E-state index is 0.261. The van der Waals surface area contributed by atoms with E-state index in [9.17, 15) is 9.18 Å². The van der Waals surface area contributed by atoms with Gasteiger partial charge in [0.2, 0.25) is 0 Å². The van der Waals surface area contributed by atoms with Crippen molar-refractivity contribution in [3.63, 3.8) is 0 Å². The van der Waals surface area contributed by atoms with E-state index in [1.54, 1.807) is 23.0 Å². The maximum Gasteiger partial charge on any atom is 0.256 e. The van der Waals surface area contributed by atoms with Crippen LogP contribution >= 0.6 is 11.6 Å². The van der Waals surface area contributed by atoms with Crippen molar-refractivity contribution in [2.24, 2.45) is 0 Å². The van der Waals surface area contributed by atoms with Gasteiger partial charge < -0.3 is 5.32 Å². The molecule has 0 saturated carbocycles. The number of fused-ring (bicyclic) bond motifs is 1. The number of halogens is 2. The van der Waals surface area contributed by atoms with Crippen molar-refractivity contribution in [2.45, 2.75) is 33.9 Å². The Labute approximate surface area is 212 Å². The van der Waals surface area contributed by atoms with E-state index in [-0.39, 0.29) is 5.91 Å². The molecule has 0 spiro atoms. The predicted octanol–water partition coefficient (Wildman–Crippen LogP) is 6.02. The summed E-state index contributed by atoms with van der Waals surface area (Å²) in [5, 5.41) is 13.1. The van der Waals surface area contributed by atoms with E-state index in [4.69, 9.17) is 16.6 Å². The average Bonchev–Trinajstić information content (AvgIpc) is 3.45. The summed E-state index contributed by atoms with van der Waals surface area (Å²) in [4.78, 5) is 18.3. The molecular weight excluding hydrogens is 479 g/mol. The standard InChI is InChI=1S/C27H24ClFN6O/c1-4-34-14-19(13-30-34)25-12-22(21-7-5-6-8-24(21)31-25)27(36)32-26-16(2)33-35(17(26)3)15-18-9-10-20(29)11-23(18)28/h5-14H,4,15H2,1-3H3,(H,32,36). The molecule has 3 aromatic heterocycles. The van der Waals surface area contributed by atoms with Crippen molar-refractivity contribution in [2.75, 3.05) is 5.32 Å². The highest BCUT2D eigenvalue weighted by Crippen LogP contribution is 2.28. The summed E-state index contributed by atoms with van der Waals surface area (Å²) in [6, 6.07) is 13.6. The van der Waals surface area contributed by atoms with Gasteiger partial charge in [0.25, 0.3) is 5.91 Å². The van der Waals surface area contributed by atoms with Crippen molar-refractivity contribution in [1.29, 1.82) is 0 Å². The Kier molecular flexibility index (Phi) is 6.28. The van der Waals surface area contributed by atoms with Gasteiger partial charge in [-0.15, -0.1) is 0 Å². The molecule has 1 amide bonds. The first-order valence-corrected chi connectivity index (χ1v) is 11.9. The van der Waals surface area contributed by atoms with Crippen LogP contribution in [0.4, 0.5) is 10.1 Å². The maximum atomic E-state index is 13.6. The minimum Gasteiger partial charge on any atom is -0.319 e. The largest absolute Gasteiger partial charge is 0.319 e. The number of para-hydroxylation sites is 1. The molecule has 0 unspecified atom stereocenters. The molecule has 5 rings (SSSR count). The molecule has 36 heavy (non-hydrogen) atoms. The Bertz CT molecular complexity index is 1610. The third kappa shape index (κ3) is 4.47. The fourth-order valence-electron chi connectivity index (χ4n) is 4.20. The molecule has 5 aromatic rings. The first-order valence-electron chi connectivity index (χ1n) is 11.6. The summed E-state index contributed by atoms with van der Waals surface area (Å²) in [6.07, 6.45) is 3.67. The zero-order chi connectivity index (χ0) is 25.4. The molecule has 2 aromatic carbocycles. The number of pyridine rings is 1. The van der Waals surface area contributed by atoms with E-state index in [0.29, 0.717) is 34.2 Å². The van der Waals surface area contributed by atoms with Crippen LogP contribution < -0.4 is 5.32 Å². The first-order chi connectivity index (χ1) is 17.3. The quantitative estimate of drug-likeness (QED) is 0.308. The van der Waals surface area contributed by atoms with Crippen molar-refractivity contribution in [3.05, 3.63) is 94.3 Å². The van der Waals surface area contributed by atoms with Crippen molar-refractivity contribution in [1.82, 2.24) is 24.5 Å². The molecule has 0 aliphatic rings. The number of benzene rings is 2. The van der Waals surface area contributed by atoms with E-state index in [2.05, 4.69) is 15.5 Å². The monoisotopic (exact) mass is 502 g/mol. The number of aryl methyl sites for hydroxylation is 2. The molecule has 0 bridgehead atoms. The summed E-state index contributed by atoms with van der Waals surface area (Å²) < 4.78 is 17.0. The Balaban J connectivity index is 1.49. The van der Waals surface area contributed by atoms with E-state index in [1.165, 1.54) is 12.1 Å². The predicted molar refractivity (Wildman–Crippen MR) is 139 cm³/mol. The first kappa shape index (κ1) is 23.7. The lowest BCUT2D eigenvalue weighted by atomic mass is 10.0. The number of nitrogens with one attached hydrogen (secondary N) is 1. The smallest absolute Gasteiger partial charge is 0.256 e. The lowest BCUT2D eigenvalue weighted by Gasteiger charge is -2.11. The molecule has 0 aliphatic heterocycles. The van der Waals surface area contributed by atoms with Gasteiger partial charge in [-0.3, -0.25) is 14.2 Å². The van der Waals surface area contributed by atoms with Gasteiger partial charge in [-0.25, -0.2) is 9.37 Å². The summed E-state index contributed by atoms with van der Waals surface area (Å²) in [7, 11) is 0. The maximum absolute atomic E-state index is 13.6. The normalized spacial score (nSPS) is 11.2. The lowest BCUT2D eigenvalue weighted by Crippen LogP contribution is -2.14. The van der Waals surface area contributed by atoms with Crippen LogP contribution in [-0.2, 0) is 13.1 Å². The molecule has 182 valence electrons. The van der Waals surface area contributed by atoms with Gasteiger partial charge in [-0.2, -0.15) is 10.2 Å². The second-order valence-electron chi connectivity index (χ2n) is 8.55. The Morgan fingerprint density at radius 2 is 1.94 bits per heavy atom. The van der Waals surface area contributed by atoms with E-state index in [1.807, 2.05) is 55.9 Å². The van der Waals surface area contributed by atoms with Crippen molar-refractivity contribution in [3.8, 4) is 11.3 Å². The zero-order valence-corrected chi connectivity index (χ0v) is 20.8. The third-order valence-corrected chi connectivity index (χ3v) is 6.52. The molecule has 0 fully saturated rings. The van der Waals surface area contributed by atoms with E-state index >= 15 is 0 Å². The lowest BCUT2D eigenvalue weighted by molar-refractivity contribution is 0.102. The number of aromatic nitrogens is 5. The number of nitrogens with zero attached hydrogens (tertiary/aromatic N) is 5. The molecule has 0 radical (unpaired) electrons. The topological polar surface area (TPSA) is 77.6 Å². The fourth-order valence-corrected chi connectivity index (χ4v) is 4.43. The minimum atomic E-state index is -0.393. The SMILES string of the molecule is CCn1cc(-c2cc(C(=O)Nc3c(C)nn(Cc4ccc(F)cc4Cl)c3C)c3ccccc3n2)cn1. The highest BCUT2D eigenvalue weighted by atomic mass is 35.5. The van der Waals surface area contributed by atoms with E-state index in [0.717, 1.165) is 34.3 Å². The third-order valence-electron chi connectivity index (χ3n) is 6.17. The van der Waals surface area contributed by atoms with Gasteiger partial charge >= 0.3 is 0 Å². The van der Waals surface area contributed by atoms with Gasteiger partial charge in [0.1, 0.15) is 5.82 Å². The van der Waals surface area contributed by atoms with Gasteiger partial charge in [-0.1, -0.05) is 35.9 Å². The number of hydrogen-bond acceptors (Lipinski definition) is 4. The van der Waals surface area contributed by atoms with Crippen LogP contribution in [0, 0.1) is 19.7 Å². The number of carbonyl (C=O) groups is 1. The Morgan fingerprint density at radius 1 is 1.14 bits per heavy atom. The summed E-state index contributed by atoms with van der Waals surface area (Å²) in [5.41, 5.74) is 5.54. The van der Waals surface area contributed by atoms with Gasteiger partial charge in [0.05, 0.1) is 46.6 Å². The van der Waals surface area contributed by atoms with Gasteiger partial charge in [0.15, 0.2) is 0 Å². The van der Waals surface area contributed by atoms with Crippen LogP contribution in [-0.4, -0.2) is 30.5 Å². The van der Waals surface area contributed by atoms with Gasteiger partial charge in [0, 0.05) is 28.7 Å². The highest BCUT2D eigenvalue weighted by molar-refractivity contribution is 6.31. The molecule has 9 heteroatoms. The molecule has 0 saturated heterocycles. The number of carbonyl (C=O) groups excluding carboxylic acids is 1. The summed E-state index contributed by atoms with van der Waals surface area (Å²) >= 11 is 6.21. The summed E-state index contributed by atoms with van der Waals surface area (Å²) in [5.74, 6) is -0.653. The molecule has 3 heterocycles. The van der Waals surface area contributed by atoms with Gasteiger partial charge in [-0.05, 0) is 50.6 Å². The second kappa shape index (κ2) is 9.54. The second-order valence-corrected chi connectivity index (χ2v) is 8.96. The average molecular weight is 503 g/mol. The summed E-state index contributed by atoms with van der Waals surface area (Å²) in [6.45, 7) is 6.82. The number of anilines is 1. The number of hydrogen-bond donors (Lipinski definition) is 1. The van der Waals surface area contributed by atoms with Crippen LogP contribution in [0.1, 0.15) is 34.2 Å². The molecule has 7 nitrogen and oxygen atoms in total. The fraction of sp³-hybridized carbons (Fsp3) is 0.185. The van der Waals surface area contributed by atoms with Crippen LogP contribution in [0.15, 0.2) is 60.9 Å². The molecule has 1 N–H and O–H groups in total. The van der Waals surface area contributed by atoms with Crippen LogP contribution in [0.25, 0.3) is 22.2 Å². The number of amides is 1. The number of rotatable bonds is 6. The van der Waals surface area contributed by atoms with Crippen molar-refractivity contribution < 1.29 is 9.18 Å². The Morgan fingerprint density at radius 3 is 2.69 bits per heavy atom. The Hall–Kier alpha value is -4.04. The van der Waals surface area contributed by atoms with Crippen LogP contribution in [0.2, 0.25) is 5.02 Å².